The Morgan fingerprint density at radius 2 is 1.45 bits per heavy atom. The molecule has 0 unspecified atom stereocenters. The van der Waals surface area contributed by atoms with Gasteiger partial charge in [0.1, 0.15) is 12.4 Å². The molecule has 0 atom stereocenters. The fraction of sp³-hybridized carbons (Fsp3) is 0.0556. The molecule has 29 heavy (non-hydrogen) atoms. The molecule has 0 aliphatic carbocycles. The van der Waals surface area contributed by atoms with Crippen molar-refractivity contribution < 1.29 is 35.9 Å². The summed E-state index contributed by atoms with van der Waals surface area (Å²) in [6, 6.07) is 6.98. The van der Waals surface area contributed by atoms with Crippen molar-refractivity contribution in [3.05, 3.63) is 81.0 Å². The highest BCUT2D eigenvalue weighted by atomic mass is 35.5. The highest BCUT2D eigenvalue weighted by Crippen LogP contribution is 2.31. The van der Waals surface area contributed by atoms with Crippen molar-refractivity contribution in [2.45, 2.75) is 6.61 Å². The van der Waals surface area contributed by atoms with E-state index in [1.165, 1.54) is 24.3 Å². The van der Waals surface area contributed by atoms with Crippen LogP contribution in [0.25, 0.3) is 0 Å². The van der Waals surface area contributed by atoms with Gasteiger partial charge in [-0.1, -0.05) is 29.3 Å². The second-order valence-corrected chi connectivity index (χ2v) is 6.32. The minimum absolute atomic E-state index is 0.121. The zero-order chi connectivity index (χ0) is 21.3. The maximum atomic E-state index is 13.6. The fourth-order valence-corrected chi connectivity index (χ4v) is 2.72. The van der Waals surface area contributed by atoms with Crippen LogP contribution >= 0.6 is 23.2 Å². The summed E-state index contributed by atoms with van der Waals surface area (Å²) in [6.07, 6.45) is 0. The zero-order valence-corrected chi connectivity index (χ0v) is 15.5. The summed E-state index contributed by atoms with van der Waals surface area (Å²) in [5.41, 5.74) is 0.136. The van der Waals surface area contributed by atoms with Crippen LogP contribution in [0.2, 0.25) is 10.0 Å². The van der Waals surface area contributed by atoms with Crippen LogP contribution in [0.4, 0.5) is 27.6 Å². The first-order valence-electron chi connectivity index (χ1n) is 7.69. The fourth-order valence-electron chi connectivity index (χ4n) is 2.22. The number of ether oxygens (including phenoxy) is 1. The molecule has 1 amide bonds. The van der Waals surface area contributed by atoms with E-state index in [4.69, 9.17) is 27.6 Å². The van der Waals surface area contributed by atoms with Crippen molar-refractivity contribution in [3.8, 4) is 5.75 Å². The molecule has 0 saturated carbocycles. The summed E-state index contributed by atoms with van der Waals surface area (Å²) in [5.74, 6) is -13.4. The van der Waals surface area contributed by atoms with Crippen molar-refractivity contribution in [2.75, 3.05) is 5.32 Å². The third-order valence-electron chi connectivity index (χ3n) is 3.62. The number of carbonyl (C=O) groups excluding carboxylic acids is 1. The monoisotopic (exact) mass is 451 g/mol. The summed E-state index contributed by atoms with van der Waals surface area (Å²) in [5, 5.41) is 2.77. The van der Waals surface area contributed by atoms with Gasteiger partial charge in [-0.2, -0.15) is 8.78 Å². The molecule has 4 nitrogen and oxygen atoms in total. The largest absolute Gasteiger partial charge is 0.479 e. The molecule has 0 spiro atoms. The summed E-state index contributed by atoms with van der Waals surface area (Å²) in [6.45, 7) is -0.710. The second kappa shape index (κ2) is 8.30. The molecule has 1 N–H and O–H groups in total. The molecule has 0 saturated heterocycles. The SMILES string of the molecule is O=C(Nc1c(Cl)cccc1Cl)c1ccc(COc2c(F)c(F)c(F)c(F)c2F)o1. The topological polar surface area (TPSA) is 51.5 Å². The molecule has 11 heteroatoms. The number of hydrogen-bond donors (Lipinski definition) is 1. The van der Waals surface area contributed by atoms with Gasteiger partial charge in [0.25, 0.3) is 5.91 Å². The third-order valence-corrected chi connectivity index (χ3v) is 4.24. The van der Waals surface area contributed by atoms with E-state index in [-0.39, 0.29) is 27.3 Å². The average molecular weight is 452 g/mol. The molecular formula is C18H8Cl2F5NO3. The van der Waals surface area contributed by atoms with Gasteiger partial charge in [-0.3, -0.25) is 4.79 Å². The van der Waals surface area contributed by atoms with E-state index in [1.54, 1.807) is 6.07 Å². The first kappa shape index (κ1) is 20.9. The highest BCUT2D eigenvalue weighted by molar-refractivity contribution is 6.39. The smallest absolute Gasteiger partial charge is 0.291 e. The second-order valence-electron chi connectivity index (χ2n) is 5.50. The van der Waals surface area contributed by atoms with E-state index in [2.05, 4.69) is 10.1 Å². The van der Waals surface area contributed by atoms with Gasteiger partial charge in [-0.15, -0.1) is 0 Å². The van der Waals surface area contributed by atoms with Crippen LogP contribution in [0.3, 0.4) is 0 Å². The minimum atomic E-state index is -2.30. The van der Waals surface area contributed by atoms with Crippen molar-refractivity contribution in [1.29, 1.82) is 0 Å². The predicted octanol–water partition coefficient (Wildman–Crippen LogP) is 6.11. The molecule has 152 valence electrons. The van der Waals surface area contributed by atoms with E-state index in [0.717, 1.165) is 0 Å². The lowest BCUT2D eigenvalue weighted by Crippen LogP contribution is -2.11. The number of halogens is 7. The quantitative estimate of drug-likeness (QED) is 0.289. The first-order chi connectivity index (χ1) is 13.7. The number of anilines is 1. The Morgan fingerprint density at radius 1 is 0.897 bits per heavy atom. The lowest BCUT2D eigenvalue weighted by molar-refractivity contribution is 0.0992. The van der Waals surface area contributed by atoms with Crippen LogP contribution < -0.4 is 10.1 Å². The normalized spacial score (nSPS) is 10.9. The average Bonchev–Trinajstić information content (AvgIpc) is 3.17. The molecule has 0 radical (unpaired) electrons. The zero-order valence-electron chi connectivity index (χ0n) is 14.0. The summed E-state index contributed by atoms with van der Waals surface area (Å²) in [4.78, 5) is 12.2. The predicted molar refractivity (Wildman–Crippen MR) is 93.7 cm³/mol. The molecule has 1 heterocycles. The van der Waals surface area contributed by atoms with E-state index < -0.39 is 47.3 Å². The highest BCUT2D eigenvalue weighted by Gasteiger charge is 2.27. The van der Waals surface area contributed by atoms with Gasteiger partial charge in [-0.25, -0.2) is 13.2 Å². The first-order valence-corrected chi connectivity index (χ1v) is 8.44. The molecule has 0 aliphatic rings. The molecule has 0 aliphatic heterocycles. The van der Waals surface area contributed by atoms with Gasteiger partial charge in [-0.05, 0) is 24.3 Å². The van der Waals surface area contributed by atoms with Gasteiger partial charge in [0.05, 0.1) is 15.7 Å². The van der Waals surface area contributed by atoms with Gasteiger partial charge >= 0.3 is 0 Å². The Bertz CT molecular complexity index is 1050. The Morgan fingerprint density at radius 3 is 2.03 bits per heavy atom. The van der Waals surface area contributed by atoms with Crippen molar-refractivity contribution in [3.63, 3.8) is 0 Å². The van der Waals surface area contributed by atoms with Crippen LogP contribution in [0.15, 0.2) is 34.7 Å². The maximum absolute atomic E-state index is 13.6. The Labute approximate surface area is 169 Å². The van der Waals surface area contributed by atoms with Crippen molar-refractivity contribution in [2.24, 2.45) is 0 Å². The minimum Gasteiger partial charge on any atom is -0.479 e. The van der Waals surface area contributed by atoms with Gasteiger partial charge in [0.15, 0.2) is 11.5 Å². The number of nitrogens with one attached hydrogen (secondary N) is 1. The maximum Gasteiger partial charge on any atom is 0.291 e. The Balaban J connectivity index is 1.74. The van der Waals surface area contributed by atoms with Crippen LogP contribution in [0.5, 0.6) is 5.75 Å². The summed E-state index contributed by atoms with van der Waals surface area (Å²) >= 11 is 11.9. The van der Waals surface area contributed by atoms with E-state index in [1.807, 2.05) is 0 Å². The van der Waals surface area contributed by atoms with Crippen molar-refractivity contribution in [1.82, 2.24) is 0 Å². The lowest BCUT2D eigenvalue weighted by atomic mass is 10.2. The van der Waals surface area contributed by atoms with Gasteiger partial charge < -0.3 is 14.5 Å². The number of furan rings is 1. The molecule has 2 aromatic carbocycles. The van der Waals surface area contributed by atoms with Crippen LogP contribution in [-0.4, -0.2) is 5.91 Å². The van der Waals surface area contributed by atoms with Crippen LogP contribution in [-0.2, 0) is 6.61 Å². The molecule has 3 rings (SSSR count). The number of carbonyl (C=O) groups is 1. The molecule has 1 aromatic heterocycles. The standard InChI is InChI=1S/C18H8Cl2F5NO3/c19-8-2-1-3-9(20)16(8)26-18(27)10-5-4-7(29-10)6-28-17-14(24)12(22)11(21)13(23)15(17)25/h1-5H,6H2,(H,26,27). The van der Waals surface area contributed by atoms with Crippen LogP contribution in [0, 0.1) is 29.1 Å². The van der Waals surface area contributed by atoms with Crippen molar-refractivity contribution >= 4 is 34.8 Å². The lowest BCUT2D eigenvalue weighted by Gasteiger charge is -2.09. The molecule has 0 bridgehead atoms. The number of amides is 1. The third kappa shape index (κ3) is 4.15. The number of hydrogen-bond acceptors (Lipinski definition) is 3. The van der Waals surface area contributed by atoms with Gasteiger partial charge in [0.2, 0.25) is 29.1 Å². The molecule has 0 fully saturated rings. The van der Waals surface area contributed by atoms with Crippen LogP contribution in [0.1, 0.15) is 16.3 Å². The number of para-hydroxylation sites is 1. The molecule has 3 aromatic rings. The number of rotatable bonds is 5. The molecular weight excluding hydrogens is 444 g/mol. The van der Waals surface area contributed by atoms with Gasteiger partial charge in [0, 0.05) is 0 Å². The Hall–Kier alpha value is -2.78. The van der Waals surface area contributed by atoms with E-state index >= 15 is 0 Å². The summed E-state index contributed by atoms with van der Waals surface area (Å²) in [7, 11) is 0. The van der Waals surface area contributed by atoms with E-state index in [9.17, 15) is 26.7 Å². The summed E-state index contributed by atoms with van der Waals surface area (Å²) < 4.78 is 76.4. The van der Waals surface area contributed by atoms with E-state index in [0.29, 0.717) is 0 Å². The Kier molecular flexibility index (Phi) is 5.99. The number of benzene rings is 2.